The molecular weight excluding hydrogens is 363 g/mol. The van der Waals surface area contributed by atoms with Crippen LogP contribution in [0.1, 0.15) is 12.0 Å². The smallest absolute Gasteiger partial charge is 0.243 e. The minimum absolute atomic E-state index is 0.229. The molecule has 0 saturated carbocycles. The van der Waals surface area contributed by atoms with Gasteiger partial charge in [-0.3, -0.25) is 4.90 Å². The van der Waals surface area contributed by atoms with E-state index in [-0.39, 0.29) is 10.7 Å². The third-order valence-electron chi connectivity index (χ3n) is 4.30. The maximum atomic E-state index is 13.0. The van der Waals surface area contributed by atoms with E-state index in [1.807, 2.05) is 0 Å². The number of hydrogen-bond donors (Lipinski definition) is 0. The van der Waals surface area contributed by atoms with E-state index in [4.69, 9.17) is 11.6 Å². The summed E-state index contributed by atoms with van der Waals surface area (Å²) >= 11 is 5.93. The Bertz CT molecular complexity index is 827. The van der Waals surface area contributed by atoms with Crippen LogP contribution >= 0.6 is 11.6 Å². The van der Waals surface area contributed by atoms with E-state index in [0.717, 1.165) is 18.5 Å². The second-order valence-electron chi connectivity index (χ2n) is 6.12. The van der Waals surface area contributed by atoms with Gasteiger partial charge < -0.3 is 0 Å². The molecule has 0 aliphatic carbocycles. The molecule has 2 aromatic carbocycles. The third-order valence-corrected chi connectivity index (χ3v) is 6.43. The zero-order chi connectivity index (χ0) is 17.9. The SMILES string of the molecule is O=S(=O)(c1cccc(Cl)c1)N1CCCN(Cc2ccc(F)cc2)CC1. The van der Waals surface area contributed by atoms with E-state index in [0.29, 0.717) is 31.2 Å². The molecule has 25 heavy (non-hydrogen) atoms. The van der Waals surface area contributed by atoms with Gasteiger partial charge in [0, 0.05) is 31.2 Å². The number of rotatable bonds is 4. The molecule has 1 heterocycles. The van der Waals surface area contributed by atoms with Crippen LogP contribution in [0.2, 0.25) is 5.02 Å². The van der Waals surface area contributed by atoms with Crippen LogP contribution in [0, 0.1) is 5.82 Å². The van der Waals surface area contributed by atoms with Crippen molar-refractivity contribution in [3.05, 3.63) is 64.9 Å². The molecule has 3 rings (SSSR count). The van der Waals surface area contributed by atoms with Gasteiger partial charge in [-0.15, -0.1) is 0 Å². The lowest BCUT2D eigenvalue weighted by Gasteiger charge is -2.22. The van der Waals surface area contributed by atoms with E-state index in [1.165, 1.54) is 22.5 Å². The predicted octanol–water partition coefficient (Wildman–Crippen LogP) is 3.38. The molecule has 0 amide bonds. The van der Waals surface area contributed by atoms with Gasteiger partial charge in [0.1, 0.15) is 5.82 Å². The van der Waals surface area contributed by atoms with Crippen LogP contribution in [0.5, 0.6) is 0 Å². The fraction of sp³-hybridized carbons (Fsp3) is 0.333. The molecule has 0 unspecified atom stereocenters. The summed E-state index contributed by atoms with van der Waals surface area (Å²) in [5, 5.41) is 0.411. The van der Waals surface area contributed by atoms with Gasteiger partial charge in [-0.05, 0) is 48.9 Å². The van der Waals surface area contributed by atoms with Crippen LogP contribution in [-0.4, -0.2) is 43.8 Å². The summed E-state index contributed by atoms with van der Waals surface area (Å²) in [7, 11) is -3.54. The highest BCUT2D eigenvalue weighted by molar-refractivity contribution is 7.89. The first-order valence-corrected chi connectivity index (χ1v) is 9.99. The first-order valence-electron chi connectivity index (χ1n) is 8.18. The second kappa shape index (κ2) is 7.83. The van der Waals surface area contributed by atoms with Gasteiger partial charge in [0.2, 0.25) is 10.0 Å². The molecule has 0 aromatic heterocycles. The van der Waals surface area contributed by atoms with E-state index in [1.54, 1.807) is 30.3 Å². The van der Waals surface area contributed by atoms with Crippen molar-refractivity contribution in [3.8, 4) is 0 Å². The standard InChI is InChI=1S/C18H20ClFN2O2S/c19-16-3-1-4-18(13-16)25(23,24)22-10-2-9-21(11-12-22)14-15-5-7-17(20)8-6-15/h1,3-8,13H,2,9-12,14H2. The Kier molecular flexibility index (Phi) is 5.74. The summed E-state index contributed by atoms with van der Waals surface area (Å²) in [5.74, 6) is -0.251. The van der Waals surface area contributed by atoms with Crippen LogP contribution in [0.15, 0.2) is 53.4 Å². The van der Waals surface area contributed by atoms with Crippen LogP contribution in [0.25, 0.3) is 0 Å². The largest absolute Gasteiger partial charge is 0.298 e. The number of hydrogen-bond acceptors (Lipinski definition) is 3. The van der Waals surface area contributed by atoms with Crippen molar-refractivity contribution in [2.75, 3.05) is 26.2 Å². The summed E-state index contributed by atoms with van der Waals surface area (Å²) in [4.78, 5) is 2.42. The van der Waals surface area contributed by atoms with Gasteiger partial charge in [-0.25, -0.2) is 12.8 Å². The van der Waals surface area contributed by atoms with Crippen LogP contribution < -0.4 is 0 Å². The molecular formula is C18H20ClFN2O2S. The molecule has 1 saturated heterocycles. The highest BCUT2D eigenvalue weighted by Crippen LogP contribution is 2.21. The number of sulfonamides is 1. The molecule has 0 N–H and O–H groups in total. The molecule has 0 radical (unpaired) electrons. The highest BCUT2D eigenvalue weighted by atomic mass is 35.5. The lowest BCUT2D eigenvalue weighted by molar-refractivity contribution is 0.278. The first kappa shape index (κ1) is 18.3. The quantitative estimate of drug-likeness (QED) is 0.814. The molecule has 0 bridgehead atoms. The van der Waals surface area contributed by atoms with E-state index in [9.17, 15) is 12.8 Å². The number of benzene rings is 2. The lowest BCUT2D eigenvalue weighted by atomic mass is 10.2. The second-order valence-corrected chi connectivity index (χ2v) is 8.49. The first-order chi connectivity index (χ1) is 11.9. The Morgan fingerprint density at radius 1 is 1.00 bits per heavy atom. The Morgan fingerprint density at radius 2 is 1.76 bits per heavy atom. The summed E-state index contributed by atoms with van der Waals surface area (Å²) in [6.07, 6.45) is 0.751. The average Bonchev–Trinajstić information content (AvgIpc) is 2.83. The van der Waals surface area contributed by atoms with Gasteiger partial charge >= 0.3 is 0 Å². The zero-order valence-corrected chi connectivity index (χ0v) is 15.3. The fourth-order valence-electron chi connectivity index (χ4n) is 2.97. The molecule has 1 aliphatic heterocycles. The Hall–Kier alpha value is -1.47. The van der Waals surface area contributed by atoms with E-state index >= 15 is 0 Å². The highest BCUT2D eigenvalue weighted by Gasteiger charge is 2.27. The molecule has 0 spiro atoms. The Labute approximate surface area is 152 Å². The van der Waals surface area contributed by atoms with Gasteiger partial charge in [0.15, 0.2) is 0 Å². The molecule has 4 nitrogen and oxygen atoms in total. The monoisotopic (exact) mass is 382 g/mol. The average molecular weight is 383 g/mol. The molecule has 0 atom stereocenters. The molecule has 1 aliphatic rings. The zero-order valence-electron chi connectivity index (χ0n) is 13.7. The van der Waals surface area contributed by atoms with Crippen molar-refractivity contribution in [1.29, 1.82) is 0 Å². The van der Waals surface area contributed by atoms with Gasteiger partial charge in [-0.1, -0.05) is 29.8 Å². The van der Waals surface area contributed by atoms with Crippen LogP contribution in [0.4, 0.5) is 4.39 Å². The van der Waals surface area contributed by atoms with E-state index in [2.05, 4.69) is 4.90 Å². The normalized spacial score (nSPS) is 17.4. The summed E-state index contributed by atoms with van der Waals surface area (Å²) in [6, 6.07) is 12.8. The van der Waals surface area contributed by atoms with Gasteiger partial charge in [0.25, 0.3) is 0 Å². The molecule has 134 valence electrons. The maximum Gasteiger partial charge on any atom is 0.243 e. The summed E-state index contributed by atoms with van der Waals surface area (Å²) in [5.41, 5.74) is 1.02. The van der Waals surface area contributed by atoms with Gasteiger partial charge in [-0.2, -0.15) is 4.31 Å². The summed E-state index contributed by atoms with van der Waals surface area (Å²) < 4.78 is 40.1. The fourth-order valence-corrected chi connectivity index (χ4v) is 4.74. The lowest BCUT2D eigenvalue weighted by Crippen LogP contribution is -2.35. The van der Waals surface area contributed by atoms with Crippen LogP contribution in [0.3, 0.4) is 0 Å². The summed E-state index contributed by atoms with van der Waals surface area (Å²) in [6.45, 7) is 3.03. The Morgan fingerprint density at radius 3 is 2.48 bits per heavy atom. The number of halogens is 2. The van der Waals surface area contributed by atoms with Crippen molar-refractivity contribution < 1.29 is 12.8 Å². The van der Waals surface area contributed by atoms with E-state index < -0.39 is 10.0 Å². The Balaban J connectivity index is 1.67. The minimum atomic E-state index is -3.54. The van der Waals surface area contributed by atoms with Crippen molar-refractivity contribution >= 4 is 21.6 Å². The maximum absolute atomic E-state index is 13.0. The van der Waals surface area contributed by atoms with Crippen molar-refractivity contribution in [1.82, 2.24) is 9.21 Å². The number of nitrogens with zero attached hydrogens (tertiary/aromatic N) is 2. The molecule has 2 aromatic rings. The third kappa shape index (κ3) is 4.58. The minimum Gasteiger partial charge on any atom is -0.298 e. The van der Waals surface area contributed by atoms with Crippen LogP contribution in [-0.2, 0) is 16.6 Å². The van der Waals surface area contributed by atoms with Gasteiger partial charge in [0.05, 0.1) is 4.90 Å². The van der Waals surface area contributed by atoms with Crippen molar-refractivity contribution in [3.63, 3.8) is 0 Å². The molecule has 1 fully saturated rings. The molecule has 7 heteroatoms. The van der Waals surface area contributed by atoms with Crippen molar-refractivity contribution in [2.24, 2.45) is 0 Å². The topological polar surface area (TPSA) is 40.6 Å². The predicted molar refractivity (Wildman–Crippen MR) is 96.5 cm³/mol. The van der Waals surface area contributed by atoms with Crippen molar-refractivity contribution in [2.45, 2.75) is 17.9 Å².